The quantitative estimate of drug-likeness (QED) is 0.526. The van der Waals surface area contributed by atoms with Crippen molar-refractivity contribution in [3.05, 3.63) is 29.6 Å². The van der Waals surface area contributed by atoms with E-state index in [1.807, 2.05) is 0 Å². The number of nitrogens with one attached hydrogen (secondary N) is 1. The van der Waals surface area contributed by atoms with Gasteiger partial charge in [-0.15, -0.1) is 0 Å². The molecule has 0 amide bonds. The zero-order valence-electron chi connectivity index (χ0n) is 13.2. The Labute approximate surface area is 126 Å². The smallest absolute Gasteiger partial charge is 0.340 e. The normalized spacial score (nSPS) is 12.0. The lowest BCUT2D eigenvalue weighted by Crippen LogP contribution is -2.15. The fourth-order valence-electron chi connectivity index (χ4n) is 2.29. The number of carbonyl (C=O) groups is 1. The second kappa shape index (κ2) is 9.37. The molecule has 21 heavy (non-hydrogen) atoms. The molecule has 0 aliphatic heterocycles. The number of carbonyl (C=O) groups excluding carboxylic acids is 1. The predicted octanol–water partition coefficient (Wildman–Crippen LogP) is 4.77. The molecule has 1 atom stereocenters. The molecule has 4 heteroatoms. The molecule has 118 valence electrons. The molecule has 1 rings (SSSR count). The molecule has 3 nitrogen and oxygen atoms in total. The minimum Gasteiger partial charge on any atom is -0.465 e. The summed E-state index contributed by atoms with van der Waals surface area (Å²) in [5, 5.41) is 3.30. The molecule has 0 bridgehead atoms. The van der Waals surface area contributed by atoms with Crippen molar-refractivity contribution in [1.29, 1.82) is 0 Å². The van der Waals surface area contributed by atoms with E-state index in [9.17, 15) is 9.18 Å². The van der Waals surface area contributed by atoms with Crippen LogP contribution in [0, 0.1) is 5.82 Å². The molecule has 0 spiro atoms. The number of unbranched alkanes of at least 4 members (excludes halogenated alkanes) is 4. The van der Waals surface area contributed by atoms with E-state index in [1.165, 1.54) is 51.3 Å². The number of rotatable bonds is 9. The third kappa shape index (κ3) is 6.15. The minimum absolute atomic E-state index is 0.0300. The number of benzene rings is 1. The first-order valence-corrected chi connectivity index (χ1v) is 7.72. The number of methoxy groups -OCH3 is 1. The first kappa shape index (κ1) is 17.5. The van der Waals surface area contributed by atoms with Crippen LogP contribution in [0.1, 0.15) is 62.7 Å². The van der Waals surface area contributed by atoms with Crippen LogP contribution in [0.3, 0.4) is 0 Å². The molecule has 0 aliphatic rings. The summed E-state index contributed by atoms with van der Waals surface area (Å²) < 4.78 is 18.1. The Kier molecular flexibility index (Phi) is 7.80. The van der Waals surface area contributed by atoms with Crippen LogP contribution in [0.4, 0.5) is 10.1 Å². The summed E-state index contributed by atoms with van der Waals surface area (Å²) in [6.07, 6.45) is 7.32. The van der Waals surface area contributed by atoms with Gasteiger partial charge in [0.15, 0.2) is 0 Å². The number of esters is 1. The highest BCUT2D eigenvalue weighted by Crippen LogP contribution is 2.18. The lowest BCUT2D eigenvalue weighted by molar-refractivity contribution is 0.0595. The van der Waals surface area contributed by atoms with Gasteiger partial charge in [0, 0.05) is 11.7 Å². The molecule has 0 aliphatic carbocycles. The number of hydrogen-bond donors (Lipinski definition) is 1. The van der Waals surface area contributed by atoms with E-state index < -0.39 is 11.8 Å². The molecular weight excluding hydrogens is 269 g/mol. The van der Waals surface area contributed by atoms with Crippen molar-refractivity contribution in [2.24, 2.45) is 0 Å². The topological polar surface area (TPSA) is 38.3 Å². The van der Waals surface area contributed by atoms with Crippen molar-refractivity contribution in [2.45, 2.75) is 58.4 Å². The first-order valence-electron chi connectivity index (χ1n) is 7.72. The van der Waals surface area contributed by atoms with Gasteiger partial charge < -0.3 is 10.1 Å². The highest BCUT2D eigenvalue weighted by molar-refractivity contribution is 5.90. The van der Waals surface area contributed by atoms with Gasteiger partial charge >= 0.3 is 5.97 Å². The molecule has 0 saturated carbocycles. The Morgan fingerprint density at radius 1 is 1.29 bits per heavy atom. The number of anilines is 1. The Morgan fingerprint density at radius 2 is 2.00 bits per heavy atom. The van der Waals surface area contributed by atoms with Gasteiger partial charge in [-0.3, -0.25) is 0 Å². The molecule has 0 heterocycles. The van der Waals surface area contributed by atoms with Crippen molar-refractivity contribution < 1.29 is 13.9 Å². The maximum Gasteiger partial charge on any atom is 0.340 e. The van der Waals surface area contributed by atoms with Crippen LogP contribution in [0.5, 0.6) is 0 Å². The van der Waals surface area contributed by atoms with E-state index in [0.717, 1.165) is 12.1 Å². The average Bonchev–Trinajstić information content (AvgIpc) is 2.48. The van der Waals surface area contributed by atoms with Gasteiger partial charge in [-0.1, -0.05) is 39.0 Å². The third-order valence-corrected chi connectivity index (χ3v) is 3.53. The second-order valence-electron chi connectivity index (χ2n) is 5.43. The van der Waals surface area contributed by atoms with Crippen molar-refractivity contribution in [2.75, 3.05) is 12.4 Å². The molecule has 1 unspecified atom stereocenters. The van der Waals surface area contributed by atoms with Crippen molar-refractivity contribution in [3.8, 4) is 0 Å². The highest BCUT2D eigenvalue weighted by atomic mass is 19.1. The summed E-state index contributed by atoms with van der Waals surface area (Å²) in [5.74, 6) is -1.21. The van der Waals surface area contributed by atoms with E-state index in [-0.39, 0.29) is 5.56 Å². The minimum atomic E-state index is -0.650. The molecule has 0 fully saturated rings. The van der Waals surface area contributed by atoms with Crippen LogP contribution < -0.4 is 5.32 Å². The van der Waals surface area contributed by atoms with Gasteiger partial charge in [0.25, 0.3) is 0 Å². The van der Waals surface area contributed by atoms with Crippen LogP contribution in [0.25, 0.3) is 0 Å². The Morgan fingerprint density at radius 3 is 2.67 bits per heavy atom. The zero-order chi connectivity index (χ0) is 15.7. The Bertz CT molecular complexity index is 448. The van der Waals surface area contributed by atoms with E-state index in [1.54, 1.807) is 6.07 Å². The molecule has 0 aromatic heterocycles. The van der Waals surface area contributed by atoms with E-state index in [0.29, 0.717) is 6.04 Å². The van der Waals surface area contributed by atoms with Crippen LogP contribution in [-0.2, 0) is 4.74 Å². The maximum absolute atomic E-state index is 13.5. The van der Waals surface area contributed by atoms with Crippen molar-refractivity contribution in [3.63, 3.8) is 0 Å². The van der Waals surface area contributed by atoms with Gasteiger partial charge in [0.05, 0.1) is 12.7 Å². The summed E-state index contributed by atoms with van der Waals surface area (Å²) >= 11 is 0. The fraction of sp³-hybridized carbons (Fsp3) is 0.588. The van der Waals surface area contributed by atoms with Crippen molar-refractivity contribution in [1.82, 2.24) is 0 Å². The average molecular weight is 295 g/mol. The summed E-state index contributed by atoms with van der Waals surface area (Å²) in [7, 11) is 1.25. The van der Waals surface area contributed by atoms with E-state index >= 15 is 0 Å². The zero-order valence-corrected chi connectivity index (χ0v) is 13.2. The number of hydrogen-bond acceptors (Lipinski definition) is 3. The van der Waals surface area contributed by atoms with E-state index in [4.69, 9.17) is 0 Å². The highest BCUT2D eigenvalue weighted by Gasteiger charge is 2.13. The fourth-order valence-corrected chi connectivity index (χ4v) is 2.29. The van der Waals surface area contributed by atoms with Crippen LogP contribution in [0.2, 0.25) is 0 Å². The van der Waals surface area contributed by atoms with Gasteiger partial charge in [-0.05, 0) is 31.5 Å². The van der Waals surface area contributed by atoms with Gasteiger partial charge in [0.2, 0.25) is 0 Å². The standard InChI is InChI=1S/C17H26FNO2/c1-4-5-6-7-8-9-13(2)19-14-10-11-16(18)15(12-14)17(20)21-3/h10-13,19H,4-9H2,1-3H3. The van der Waals surface area contributed by atoms with Crippen molar-refractivity contribution >= 4 is 11.7 Å². The molecule has 0 saturated heterocycles. The lowest BCUT2D eigenvalue weighted by Gasteiger charge is -2.16. The van der Waals surface area contributed by atoms with Crippen LogP contribution in [0.15, 0.2) is 18.2 Å². The van der Waals surface area contributed by atoms with Gasteiger partial charge in [0.1, 0.15) is 5.82 Å². The SMILES string of the molecule is CCCCCCCC(C)Nc1ccc(F)c(C(=O)OC)c1. The monoisotopic (exact) mass is 295 g/mol. The number of halogens is 1. The van der Waals surface area contributed by atoms with E-state index in [2.05, 4.69) is 23.9 Å². The van der Waals surface area contributed by atoms with Gasteiger partial charge in [-0.2, -0.15) is 0 Å². The molecule has 1 N–H and O–H groups in total. The second-order valence-corrected chi connectivity index (χ2v) is 5.43. The van der Waals surface area contributed by atoms with Gasteiger partial charge in [-0.25, -0.2) is 9.18 Å². The number of ether oxygens (including phenoxy) is 1. The summed E-state index contributed by atoms with van der Waals surface area (Å²) in [4.78, 5) is 11.5. The summed E-state index contributed by atoms with van der Waals surface area (Å²) in [6.45, 7) is 4.30. The molecule has 1 aromatic rings. The maximum atomic E-state index is 13.5. The van der Waals surface area contributed by atoms with Crippen LogP contribution >= 0.6 is 0 Å². The Hall–Kier alpha value is -1.58. The molecule has 1 aromatic carbocycles. The van der Waals surface area contributed by atoms with Crippen LogP contribution in [-0.4, -0.2) is 19.1 Å². The summed E-state index contributed by atoms with van der Waals surface area (Å²) in [5.41, 5.74) is 0.718. The largest absolute Gasteiger partial charge is 0.465 e. The lowest BCUT2D eigenvalue weighted by atomic mass is 10.1. The Balaban J connectivity index is 2.48. The third-order valence-electron chi connectivity index (χ3n) is 3.53. The molecule has 0 radical (unpaired) electrons. The predicted molar refractivity (Wildman–Crippen MR) is 84.2 cm³/mol. The summed E-state index contributed by atoms with van der Waals surface area (Å²) in [6, 6.07) is 4.75. The molecular formula is C17H26FNO2. The first-order chi connectivity index (χ1) is 10.1.